The SMILES string of the molecule is C[C@H](NC(=O)C12CC3CC(CC(C3)C1)C2)c1cc(Cl)c(C(=O)NO)s1. The van der Waals surface area contributed by atoms with Crippen LogP contribution in [0.25, 0.3) is 0 Å². The van der Waals surface area contributed by atoms with Gasteiger partial charge in [-0.1, -0.05) is 11.6 Å². The van der Waals surface area contributed by atoms with Gasteiger partial charge in [-0.25, -0.2) is 5.48 Å². The first-order valence-corrected chi connectivity index (χ1v) is 10.1. The molecule has 0 saturated heterocycles. The van der Waals surface area contributed by atoms with Gasteiger partial charge in [-0.2, -0.15) is 0 Å². The van der Waals surface area contributed by atoms with Gasteiger partial charge >= 0.3 is 0 Å². The van der Waals surface area contributed by atoms with E-state index in [-0.39, 0.29) is 22.2 Å². The summed E-state index contributed by atoms with van der Waals surface area (Å²) in [4.78, 5) is 25.8. The summed E-state index contributed by atoms with van der Waals surface area (Å²) in [6.07, 6.45) is 7.01. The summed E-state index contributed by atoms with van der Waals surface area (Å²) >= 11 is 7.28. The van der Waals surface area contributed by atoms with Crippen LogP contribution in [0.3, 0.4) is 0 Å². The summed E-state index contributed by atoms with van der Waals surface area (Å²) in [5.41, 5.74) is 1.42. The van der Waals surface area contributed by atoms with E-state index in [1.165, 1.54) is 30.6 Å². The maximum absolute atomic E-state index is 13.1. The zero-order valence-corrected chi connectivity index (χ0v) is 15.8. The monoisotopic (exact) mass is 382 g/mol. The largest absolute Gasteiger partial charge is 0.348 e. The number of rotatable bonds is 4. The summed E-state index contributed by atoms with van der Waals surface area (Å²) < 4.78 is 0. The van der Waals surface area contributed by atoms with Crippen LogP contribution in [0.4, 0.5) is 0 Å². The van der Waals surface area contributed by atoms with E-state index in [9.17, 15) is 9.59 Å². The van der Waals surface area contributed by atoms with Gasteiger partial charge in [0.1, 0.15) is 4.88 Å². The predicted molar refractivity (Wildman–Crippen MR) is 95.7 cm³/mol. The second-order valence-corrected chi connectivity index (χ2v) is 9.65. The molecule has 0 spiro atoms. The Morgan fingerprint density at radius 3 is 2.32 bits per heavy atom. The standard InChI is InChI=1S/C18H23ClN2O3S/c1-9(14-5-13(19)15(25-14)16(22)21-24)20-17(23)18-6-10-2-11(7-18)4-12(3-10)8-18/h5,9-12,24H,2-4,6-8H2,1H3,(H,20,23)(H,21,22)/t9-,10?,11?,12?,18?/m0/s1. The van der Waals surface area contributed by atoms with E-state index >= 15 is 0 Å². The number of carbonyl (C=O) groups is 2. The smallest absolute Gasteiger partial charge is 0.286 e. The minimum Gasteiger partial charge on any atom is -0.348 e. The molecule has 0 aliphatic heterocycles. The van der Waals surface area contributed by atoms with Gasteiger partial charge in [-0.15, -0.1) is 11.3 Å². The molecule has 3 N–H and O–H groups in total. The fourth-order valence-electron chi connectivity index (χ4n) is 5.62. The fourth-order valence-corrected chi connectivity index (χ4v) is 6.94. The maximum atomic E-state index is 13.1. The Morgan fingerprint density at radius 2 is 1.80 bits per heavy atom. The number of hydrogen-bond acceptors (Lipinski definition) is 4. The van der Waals surface area contributed by atoms with E-state index in [0.717, 1.165) is 41.9 Å². The van der Waals surface area contributed by atoms with Gasteiger partial charge in [0, 0.05) is 10.3 Å². The molecule has 0 unspecified atom stereocenters. The number of halogens is 1. The van der Waals surface area contributed by atoms with Gasteiger partial charge in [0.15, 0.2) is 0 Å². The highest BCUT2D eigenvalue weighted by atomic mass is 35.5. The lowest BCUT2D eigenvalue weighted by molar-refractivity contribution is -0.146. The van der Waals surface area contributed by atoms with Gasteiger partial charge in [0.2, 0.25) is 5.91 Å². The second-order valence-electron chi connectivity index (χ2n) is 8.16. The van der Waals surface area contributed by atoms with Crippen LogP contribution < -0.4 is 10.8 Å². The summed E-state index contributed by atoms with van der Waals surface area (Å²) in [6, 6.07) is 1.49. The number of thiophene rings is 1. The molecule has 5 rings (SSSR count). The minimum atomic E-state index is -0.624. The Hall–Kier alpha value is -1.11. The molecule has 5 nitrogen and oxygen atoms in total. The van der Waals surface area contributed by atoms with Crippen LogP contribution in [0.15, 0.2) is 6.07 Å². The number of nitrogens with one attached hydrogen (secondary N) is 2. The van der Waals surface area contributed by atoms with E-state index in [1.54, 1.807) is 11.5 Å². The molecule has 1 heterocycles. The van der Waals surface area contributed by atoms with Crippen LogP contribution in [0.5, 0.6) is 0 Å². The Morgan fingerprint density at radius 1 is 1.24 bits per heavy atom. The van der Waals surface area contributed by atoms with Crippen molar-refractivity contribution < 1.29 is 14.8 Å². The lowest BCUT2D eigenvalue weighted by Crippen LogP contribution is -2.53. The molecule has 7 heteroatoms. The molecule has 4 bridgehead atoms. The van der Waals surface area contributed by atoms with Gasteiger partial charge in [-0.3, -0.25) is 14.8 Å². The highest BCUT2D eigenvalue weighted by molar-refractivity contribution is 7.14. The third kappa shape index (κ3) is 2.98. The van der Waals surface area contributed by atoms with Crippen molar-refractivity contribution >= 4 is 34.8 Å². The molecule has 0 aromatic carbocycles. The van der Waals surface area contributed by atoms with E-state index in [2.05, 4.69) is 5.32 Å². The first-order valence-electron chi connectivity index (χ1n) is 8.95. The van der Waals surface area contributed by atoms with Crippen LogP contribution in [0.2, 0.25) is 5.02 Å². The molecular formula is C18H23ClN2O3S. The Labute approximate surface area is 156 Å². The van der Waals surface area contributed by atoms with Crippen LogP contribution in [-0.2, 0) is 4.79 Å². The topological polar surface area (TPSA) is 78.4 Å². The van der Waals surface area contributed by atoms with Crippen molar-refractivity contribution in [1.82, 2.24) is 10.8 Å². The first-order chi connectivity index (χ1) is 11.9. The van der Waals surface area contributed by atoms with E-state index in [1.807, 2.05) is 6.92 Å². The zero-order chi connectivity index (χ0) is 17.8. The Kier molecular flexibility index (Phi) is 4.33. The molecule has 0 radical (unpaired) electrons. The first kappa shape index (κ1) is 17.3. The average molecular weight is 383 g/mol. The second kappa shape index (κ2) is 6.25. The van der Waals surface area contributed by atoms with Crippen molar-refractivity contribution in [3.63, 3.8) is 0 Å². The lowest BCUT2D eigenvalue weighted by atomic mass is 9.49. The van der Waals surface area contributed by atoms with Crippen molar-refractivity contribution in [2.24, 2.45) is 23.2 Å². The summed E-state index contributed by atoms with van der Waals surface area (Å²) in [5, 5.41) is 12.2. The summed E-state index contributed by atoms with van der Waals surface area (Å²) in [7, 11) is 0. The summed E-state index contributed by atoms with van der Waals surface area (Å²) in [6.45, 7) is 1.92. The van der Waals surface area contributed by atoms with E-state index in [4.69, 9.17) is 16.8 Å². The van der Waals surface area contributed by atoms with Crippen LogP contribution in [-0.4, -0.2) is 17.0 Å². The van der Waals surface area contributed by atoms with E-state index < -0.39 is 5.91 Å². The Balaban J connectivity index is 1.49. The molecule has 25 heavy (non-hydrogen) atoms. The van der Waals surface area contributed by atoms with Crippen LogP contribution in [0, 0.1) is 23.2 Å². The highest BCUT2D eigenvalue weighted by Crippen LogP contribution is 2.60. The molecule has 2 amide bonds. The van der Waals surface area contributed by atoms with Crippen molar-refractivity contribution in [2.45, 2.75) is 51.5 Å². The quantitative estimate of drug-likeness (QED) is 0.545. The maximum Gasteiger partial charge on any atom is 0.286 e. The number of hydroxylamine groups is 1. The third-order valence-corrected chi connectivity index (χ3v) is 8.03. The highest BCUT2D eigenvalue weighted by Gasteiger charge is 2.54. The van der Waals surface area contributed by atoms with Gasteiger partial charge in [0.05, 0.1) is 11.1 Å². The van der Waals surface area contributed by atoms with E-state index in [0.29, 0.717) is 5.02 Å². The molecular weight excluding hydrogens is 360 g/mol. The molecule has 136 valence electrons. The molecule has 4 fully saturated rings. The normalized spacial score (nSPS) is 34.0. The number of amides is 2. The number of hydrogen-bond donors (Lipinski definition) is 3. The molecule has 1 aromatic rings. The van der Waals surface area contributed by atoms with Crippen LogP contribution >= 0.6 is 22.9 Å². The van der Waals surface area contributed by atoms with Gasteiger partial charge in [0.25, 0.3) is 5.91 Å². The van der Waals surface area contributed by atoms with Gasteiger partial charge < -0.3 is 5.32 Å². The van der Waals surface area contributed by atoms with Gasteiger partial charge in [-0.05, 0) is 69.3 Å². The van der Waals surface area contributed by atoms with Crippen molar-refractivity contribution in [1.29, 1.82) is 0 Å². The average Bonchev–Trinajstić information content (AvgIpc) is 2.95. The van der Waals surface area contributed by atoms with Crippen LogP contribution in [0.1, 0.15) is 66.0 Å². The van der Waals surface area contributed by atoms with Crippen molar-refractivity contribution in [2.75, 3.05) is 0 Å². The fraction of sp³-hybridized carbons (Fsp3) is 0.667. The molecule has 1 aromatic heterocycles. The predicted octanol–water partition coefficient (Wildman–Crippen LogP) is 3.91. The molecule has 4 saturated carbocycles. The van der Waals surface area contributed by atoms with Crippen molar-refractivity contribution in [3.8, 4) is 0 Å². The minimum absolute atomic E-state index is 0.164. The molecule has 4 aliphatic rings. The Bertz CT molecular complexity index is 682. The molecule has 1 atom stereocenters. The van der Waals surface area contributed by atoms with Crippen molar-refractivity contribution in [3.05, 3.63) is 20.8 Å². The number of carbonyl (C=O) groups excluding carboxylic acids is 2. The zero-order valence-electron chi connectivity index (χ0n) is 14.2. The summed E-state index contributed by atoms with van der Waals surface area (Å²) in [5.74, 6) is 1.72. The lowest BCUT2D eigenvalue weighted by Gasteiger charge is -2.55. The third-order valence-electron chi connectivity index (χ3n) is 6.31. The molecule has 4 aliphatic carbocycles.